The molecule has 0 saturated carbocycles. The highest BCUT2D eigenvalue weighted by Gasteiger charge is 2.27. The minimum absolute atomic E-state index is 0.0438. The molecule has 1 saturated heterocycles. The van der Waals surface area contributed by atoms with Crippen molar-refractivity contribution in [3.05, 3.63) is 28.8 Å². The predicted molar refractivity (Wildman–Crippen MR) is 98.1 cm³/mol. The number of hydrogen-bond acceptors (Lipinski definition) is 3. The van der Waals surface area contributed by atoms with Crippen LogP contribution in [0.25, 0.3) is 0 Å². The zero-order valence-corrected chi connectivity index (χ0v) is 15.8. The Balaban J connectivity index is 2.41. The van der Waals surface area contributed by atoms with Crippen LogP contribution in [0.2, 0.25) is 0 Å². The van der Waals surface area contributed by atoms with E-state index in [1.54, 1.807) is 0 Å². The number of nitrogens with zero attached hydrogens (tertiary/aromatic N) is 1. The van der Waals surface area contributed by atoms with Gasteiger partial charge in [0.05, 0.1) is 0 Å². The van der Waals surface area contributed by atoms with Gasteiger partial charge in [0.15, 0.2) is 0 Å². The average molecular weight is 322 g/mol. The van der Waals surface area contributed by atoms with Gasteiger partial charge in [0.25, 0.3) is 0 Å². The second-order valence-electron chi connectivity index (χ2n) is 8.43. The van der Waals surface area contributed by atoms with Crippen LogP contribution in [-0.4, -0.2) is 34.6 Å². The first-order valence-electron chi connectivity index (χ1n) is 8.26. The molecule has 2 nitrogen and oxygen atoms in total. The minimum atomic E-state index is -0.0438. The van der Waals surface area contributed by atoms with Crippen LogP contribution in [0.15, 0.2) is 12.1 Å². The molecule has 22 heavy (non-hydrogen) atoms. The fraction of sp³-hybridized carbons (Fsp3) is 0.684. The molecule has 1 aliphatic rings. The molecular weight excluding hydrogens is 290 g/mol. The standard InChI is InChI=1S/C19H31NOS/c1-18(2,3)15-11-14(13-20-7-9-22-10-8-20)12-16(17(15)21)19(4,5)6/h11-12,21H,7-10,13H2,1-6H3. The Morgan fingerprint density at radius 2 is 1.41 bits per heavy atom. The molecule has 3 heteroatoms. The van der Waals surface area contributed by atoms with Crippen molar-refractivity contribution in [1.29, 1.82) is 0 Å². The summed E-state index contributed by atoms with van der Waals surface area (Å²) in [5.41, 5.74) is 3.39. The van der Waals surface area contributed by atoms with Gasteiger partial charge in [-0.1, -0.05) is 53.7 Å². The summed E-state index contributed by atoms with van der Waals surface area (Å²) in [5.74, 6) is 2.95. The molecular formula is C19H31NOS. The number of phenols is 1. The molecule has 124 valence electrons. The van der Waals surface area contributed by atoms with E-state index in [1.807, 2.05) is 11.8 Å². The quantitative estimate of drug-likeness (QED) is 0.865. The van der Waals surface area contributed by atoms with Crippen molar-refractivity contribution in [3.63, 3.8) is 0 Å². The maximum absolute atomic E-state index is 10.8. The minimum Gasteiger partial charge on any atom is -0.507 e. The molecule has 0 bridgehead atoms. The molecule has 1 aliphatic heterocycles. The summed E-state index contributed by atoms with van der Waals surface area (Å²) in [6, 6.07) is 4.43. The lowest BCUT2D eigenvalue weighted by molar-refractivity contribution is 0.293. The van der Waals surface area contributed by atoms with Gasteiger partial charge in [-0.2, -0.15) is 11.8 Å². The van der Waals surface area contributed by atoms with Crippen LogP contribution in [0.3, 0.4) is 0 Å². The van der Waals surface area contributed by atoms with Crippen molar-refractivity contribution in [2.24, 2.45) is 0 Å². The molecule has 0 amide bonds. The molecule has 2 rings (SSSR count). The first-order valence-corrected chi connectivity index (χ1v) is 9.41. The molecule has 0 aliphatic carbocycles. The molecule has 1 N–H and O–H groups in total. The van der Waals surface area contributed by atoms with E-state index < -0.39 is 0 Å². The SMILES string of the molecule is CC(C)(C)c1cc(CN2CCSCC2)cc(C(C)(C)C)c1O. The lowest BCUT2D eigenvalue weighted by Crippen LogP contribution is -2.32. The van der Waals surface area contributed by atoms with Crippen LogP contribution in [0.1, 0.15) is 58.2 Å². The van der Waals surface area contributed by atoms with Crippen molar-refractivity contribution in [1.82, 2.24) is 4.90 Å². The zero-order chi connectivity index (χ0) is 16.5. The highest BCUT2D eigenvalue weighted by atomic mass is 32.2. The van der Waals surface area contributed by atoms with Gasteiger partial charge in [-0.05, 0) is 27.5 Å². The van der Waals surface area contributed by atoms with Crippen LogP contribution in [0.5, 0.6) is 5.75 Å². The van der Waals surface area contributed by atoms with Crippen molar-refractivity contribution in [3.8, 4) is 5.75 Å². The number of hydrogen-bond donors (Lipinski definition) is 1. The Morgan fingerprint density at radius 1 is 0.955 bits per heavy atom. The summed E-state index contributed by atoms with van der Waals surface area (Å²) in [7, 11) is 0. The molecule has 0 unspecified atom stereocenters. The summed E-state index contributed by atoms with van der Waals surface area (Å²) >= 11 is 2.04. The third kappa shape index (κ3) is 4.20. The topological polar surface area (TPSA) is 23.5 Å². The summed E-state index contributed by atoms with van der Waals surface area (Å²) < 4.78 is 0. The molecule has 0 radical (unpaired) electrons. The average Bonchev–Trinajstić information content (AvgIpc) is 2.39. The molecule has 0 spiro atoms. The van der Waals surface area contributed by atoms with Crippen LogP contribution >= 0.6 is 11.8 Å². The van der Waals surface area contributed by atoms with Crippen molar-refractivity contribution < 1.29 is 5.11 Å². The van der Waals surface area contributed by atoms with E-state index in [1.165, 1.54) is 30.2 Å². The fourth-order valence-corrected chi connectivity index (χ4v) is 3.93. The van der Waals surface area contributed by atoms with E-state index in [0.29, 0.717) is 5.75 Å². The third-order valence-electron chi connectivity index (χ3n) is 4.30. The summed E-state index contributed by atoms with van der Waals surface area (Å²) in [5, 5.41) is 10.8. The van der Waals surface area contributed by atoms with E-state index in [4.69, 9.17) is 0 Å². The highest BCUT2D eigenvalue weighted by Crippen LogP contribution is 2.40. The lowest BCUT2D eigenvalue weighted by Gasteiger charge is -2.30. The first kappa shape index (κ1) is 17.7. The second kappa shape index (κ2) is 6.45. The predicted octanol–water partition coefficient (Wildman–Crippen LogP) is 4.54. The zero-order valence-electron chi connectivity index (χ0n) is 15.0. The van der Waals surface area contributed by atoms with Gasteiger partial charge in [0, 0.05) is 31.1 Å². The van der Waals surface area contributed by atoms with E-state index in [0.717, 1.165) is 17.7 Å². The van der Waals surface area contributed by atoms with Gasteiger partial charge in [-0.3, -0.25) is 4.90 Å². The smallest absolute Gasteiger partial charge is 0.123 e. The summed E-state index contributed by atoms with van der Waals surface area (Å²) in [4.78, 5) is 2.53. The summed E-state index contributed by atoms with van der Waals surface area (Å²) in [6.07, 6.45) is 0. The Kier molecular flexibility index (Phi) is 5.18. The molecule has 1 aromatic carbocycles. The number of aromatic hydroxyl groups is 1. The Bertz CT molecular complexity index is 484. The van der Waals surface area contributed by atoms with E-state index in [2.05, 4.69) is 58.6 Å². The fourth-order valence-electron chi connectivity index (χ4n) is 2.95. The van der Waals surface area contributed by atoms with E-state index in [-0.39, 0.29) is 10.8 Å². The molecule has 1 fully saturated rings. The molecule has 0 atom stereocenters. The van der Waals surface area contributed by atoms with Crippen LogP contribution in [0.4, 0.5) is 0 Å². The molecule has 1 aromatic rings. The number of benzene rings is 1. The van der Waals surface area contributed by atoms with Gasteiger partial charge in [-0.15, -0.1) is 0 Å². The number of rotatable bonds is 2. The van der Waals surface area contributed by atoms with Gasteiger partial charge in [-0.25, -0.2) is 0 Å². The largest absolute Gasteiger partial charge is 0.507 e. The van der Waals surface area contributed by atoms with Gasteiger partial charge in [0.1, 0.15) is 5.75 Å². The van der Waals surface area contributed by atoms with E-state index in [9.17, 15) is 5.11 Å². The normalized spacial score (nSPS) is 17.7. The first-order chi connectivity index (χ1) is 10.1. The van der Waals surface area contributed by atoms with Crippen LogP contribution < -0.4 is 0 Å². The monoisotopic (exact) mass is 321 g/mol. The van der Waals surface area contributed by atoms with Crippen LogP contribution in [-0.2, 0) is 17.4 Å². The second-order valence-corrected chi connectivity index (χ2v) is 9.65. The summed E-state index contributed by atoms with van der Waals surface area (Å²) in [6.45, 7) is 16.4. The van der Waals surface area contributed by atoms with E-state index >= 15 is 0 Å². The maximum Gasteiger partial charge on any atom is 0.123 e. The third-order valence-corrected chi connectivity index (χ3v) is 5.24. The van der Waals surface area contributed by atoms with Crippen molar-refractivity contribution in [2.45, 2.75) is 58.9 Å². The molecule has 0 aromatic heterocycles. The highest BCUT2D eigenvalue weighted by molar-refractivity contribution is 7.99. The van der Waals surface area contributed by atoms with Crippen molar-refractivity contribution >= 4 is 11.8 Å². The Labute approximate surface area is 140 Å². The van der Waals surface area contributed by atoms with Gasteiger partial charge < -0.3 is 5.11 Å². The van der Waals surface area contributed by atoms with Crippen molar-refractivity contribution in [2.75, 3.05) is 24.6 Å². The number of thioether (sulfide) groups is 1. The van der Waals surface area contributed by atoms with Gasteiger partial charge >= 0.3 is 0 Å². The van der Waals surface area contributed by atoms with Crippen LogP contribution in [0, 0.1) is 0 Å². The Morgan fingerprint density at radius 3 is 1.82 bits per heavy atom. The Hall–Kier alpha value is -0.670. The van der Waals surface area contributed by atoms with Gasteiger partial charge in [0.2, 0.25) is 0 Å². The lowest BCUT2D eigenvalue weighted by atomic mass is 9.78. The molecule has 1 heterocycles. The number of phenolic OH excluding ortho intramolecular Hbond substituents is 1. The maximum atomic E-state index is 10.8.